The number of hydrogen-bond acceptors (Lipinski definition) is 3. The van der Waals surface area contributed by atoms with Gasteiger partial charge in [0, 0.05) is 49.5 Å². The van der Waals surface area contributed by atoms with Crippen molar-refractivity contribution in [3.8, 4) is 5.69 Å². The van der Waals surface area contributed by atoms with Gasteiger partial charge in [-0.05, 0) is 62.2 Å². The molecule has 1 aliphatic rings. The number of alkyl halides is 3. The summed E-state index contributed by atoms with van der Waals surface area (Å²) in [6.45, 7) is 4.73. The van der Waals surface area contributed by atoms with E-state index in [-0.39, 0.29) is 12.0 Å². The summed E-state index contributed by atoms with van der Waals surface area (Å²) in [7, 11) is 4.06. The molecule has 1 heterocycles. The van der Waals surface area contributed by atoms with Gasteiger partial charge in [-0.25, -0.2) is 4.68 Å². The normalized spacial score (nSPS) is 18.2. The van der Waals surface area contributed by atoms with E-state index >= 15 is 0 Å². The molecule has 2 aromatic carbocycles. The van der Waals surface area contributed by atoms with Crippen LogP contribution in [0.3, 0.4) is 0 Å². The number of nitrogens with one attached hydrogen (secondary N) is 1. The summed E-state index contributed by atoms with van der Waals surface area (Å²) in [4.78, 5) is 2.08. The van der Waals surface area contributed by atoms with E-state index in [9.17, 15) is 13.2 Å². The van der Waals surface area contributed by atoms with Crippen LogP contribution in [0, 0.1) is 13.8 Å². The maximum Gasteiger partial charge on any atom is 0.416 e. The lowest BCUT2D eigenvalue weighted by atomic mass is 9.96. The van der Waals surface area contributed by atoms with Crippen molar-refractivity contribution in [3.63, 3.8) is 0 Å². The molecule has 4 rings (SSSR count). The summed E-state index contributed by atoms with van der Waals surface area (Å²) in [5.74, 6) is 0.224. The van der Waals surface area contributed by atoms with Crippen LogP contribution < -0.4 is 10.2 Å². The minimum Gasteiger partial charge on any atom is -0.378 e. The fourth-order valence-corrected chi connectivity index (χ4v) is 4.46. The molecule has 33 heavy (non-hydrogen) atoms. The van der Waals surface area contributed by atoms with Gasteiger partial charge >= 0.3 is 6.18 Å². The smallest absolute Gasteiger partial charge is 0.378 e. The van der Waals surface area contributed by atoms with Gasteiger partial charge in [0.2, 0.25) is 0 Å². The Balaban J connectivity index is 1.43. The number of allylic oxidation sites excluding steroid dienone is 1. The van der Waals surface area contributed by atoms with Crippen molar-refractivity contribution in [3.05, 3.63) is 88.8 Å². The van der Waals surface area contributed by atoms with Crippen LogP contribution in [0.15, 0.2) is 60.7 Å². The number of nitrogens with zero attached hydrogens (tertiary/aromatic N) is 3. The molecular formula is C26H29F3N4. The minimum absolute atomic E-state index is 0.224. The molecule has 3 aromatic rings. The molecule has 1 N–H and O–H groups in total. The van der Waals surface area contributed by atoms with Crippen molar-refractivity contribution in [2.24, 2.45) is 0 Å². The first-order chi connectivity index (χ1) is 15.6. The highest BCUT2D eigenvalue weighted by atomic mass is 19.4. The van der Waals surface area contributed by atoms with Crippen molar-refractivity contribution >= 4 is 5.69 Å². The van der Waals surface area contributed by atoms with Crippen molar-refractivity contribution in [1.29, 1.82) is 0 Å². The molecule has 0 bridgehead atoms. The van der Waals surface area contributed by atoms with E-state index in [0.29, 0.717) is 5.69 Å². The standard InChI is InChI=1S/C26H29F3N4/c1-17-25(18(2)33(31-17)24-13-8-21(9-14-24)26(27,28)29)20-7-10-22(15-20)30-16-19-5-11-23(12-6-19)32(3)4/h5-14,20,22,30H,15-16H2,1-4H3. The van der Waals surface area contributed by atoms with Crippen molar-refractivity contribution in [2.75, 3.05) is 19.0 Å². The molecule has 4 nitrogen and oxygen atoms in total. The average molecular weight is 455 g/mol. The van der Waals surface area contributed by atoms with E-state index in [4.69, 9.17) is 0 Å². The van der Waals surface area contributed by atoms with E-state index in [1.807, 2.05) is 27.9 Å². The Labute approximate surface area is 192 Å². The molecule has 0 radical (unpaired) electrons. The highest BCUT2D eigenvalue weighted by Crippen LogP contribution is 2.35. The lowest BCUT2D eigenvalue weighted by Gasteiger charge is -2.16. The maximum atomic E-state index is 12.9. The first-order valence-electron chi connectivity index (χ1n) is 11.0. The molecule has 0 spiro atoms. The minimum atomic E-state index is -4.34. The molecule has 2 unspecified atom stereocenters. The third kappa shape index (κ3) is 4.98. The van der Waals surface area contributed by atoms with Crippen LogP contribution in [-0.4, -0.2) is 29.9 Å². The summed E-state index contributed by atoms with van der Waals surface area (Å²) < 4.78 is 40.4. The highest BCUT2D eigenvalue weighted by Gasteiger charge is 2.30. The summed E-state index contributed by atoms with van der Waals surface area (Å²) in [5, 5.41) is 8.24. The molecule has 1 aromatic heterocycles. The molecular weight excluding hydrogens is 425 g/mol. The zero-order valence-corrected chi connectivity index (χ0v) is 19.3. The van der Waals surface area contributed by atoms with Gasteiger partial charge in [0.1, 0.15) is 0 Å². The Morgan fingerprint density at radius 2 is 1.67 bits per heavy atom. The van der Waals surface area contributed by atoms with Crippen LogP contribution in [0.4, 0.5) is 18.9 Å². The second kappa shape index (κ2) is 9.06. The fraction of sp³-hybridized carbons (Fsp3) is 0.346. The Morgan fingerprint density at radius 3 is 2.27 bits per heavy atom. The van der Waals surface area contributed by atoms with Gasteiger partial charge in [0.15, 0.2) is 0 Å². The van der Waals surface area contributed by atoms with Crippen LogP contribution in [0.1, 0.15) is 40.4 Å². The van der Waals surface area contributed by atoms with Crippen LogP contribution in [0.2, 0.25) is 0 Å². The second-order valence-corrected chi connectivity index (χ2v) is 8.82. The zero-order chi connectivity index (χ0) is 23.8. The van der Waals surface area contributed by atoms with Gasteiger partial charge in [-0.15, -0.1) is 0 Å². The van der Waals surface area contributed by atoms with Crippen molar-refractivity contribution < 1.29 is 13.2 Å². The fourth-order valence-electron chi connectivity index (χ4n) is 4.46. The van der Waals surface area contributed by atoms with Gasteiger partial charge in [0.25, 0.3) is 0 Å². The maximum absolute atomic E-state index is 12.9. The van der Waals surface area contributed by atoms with Crippen molar-refractivity contribution in [2.45, 2.75) is 44.9 Å². The third-order valence-corrected chi connectivity index (χ3v) is 6.26. The largest absolute Gasteiger partial charge is 0.416 e. The van der Waals surface area contributed by atoms with Crippen LogP contribution in [0.25, 0.3) is 5.69 Å². The molecule has 0 fully saturated rings. The number of hydrogen-bond donors (Lipinski definition) is 1. The number of rotatable bonds is 6. The predicted molar refractivity (Wildman–Crippen MR) is 126 cm³/mol. The molecule has 174 valence electrons. The lowest BCUT2D eigenvalue weighted by molar-refractivity contribution is -0.137. The Kier molecular flexibility index (Phi) is 6.34. The van der Waals surface area contributed by atoms with Crippen LogP contribution in [0.5, 0.6) is 0 Å². The van der Waals surface area contributed by atoms with Crippen molar-refractivity contribution in [1.82, 2.24) is 15.1 Å². The summed E-state index contributed by atoms with van der Waals surface area (Å²) in [6, 6.07) is 13.9. The van der Waals surface area contributed by atoms with Crippen LogP contribution >= 0.6 is 0 Å². The Bertz CT molecular complexity index is 1130. The van der Waals surface area contributed by atoms with E-state index in [0.717, 1.165) is 42.0 Å². The highest BCUT2D eigenvalue weighted by molar-refractivity contribution is 5.46. The number of aryl methyl sites for hydroxylation is 1. The van der Waals surface area contributed by atoms with Gasteiger partial charge in [-0.2, -0.15) is 18.3 Å². The van der Waals surface area contributed by atoms with Crippen LogP contribution in [-0.2, 0) is 12.7 Å². The SMILES string of the molecule is Cc1nn(-c2ccc(C(F)(F)F)cc2)c(C)c1C1C=CC(NCc2ccc(N(C)C)cc2)C1. The number of anilines is 1. The predicted octanol–water partition coefficient (Wildman–Crippen LogP) is 5.78. The monoisotopic (exact) mass is 454 g/mol. The number of benzene rings is 2. The molecule has 0 saturated heterocycles. The van der Waals surface area contributed by atoms with Gasteiger partial charge in [-0.3, -0.25) is 0 Å². The molecule has 7 heteroatoms. The Morgan fingerprint density at radius 1 is 1.00 bits per heavy atom. The Hall–Kier alpha value is -3.06. The van der Waals surface area contributed by atoms with Gasteiger partial charge < -0.3 is 10.2 Å². The third-order valence-electron chi connectivity index (χ3n) is 6.26. The van der Waals surface area contributed by atoms with Gasteiger partial charge in [0.05, 0.1) is 16.9 Å². The molecule has 1 aliphatic carbocycles. The topological polar surface area (TPSA) is 33.1 Å². The molecule has 0 amide bonds. The quantitative estimate of drug-likeness (QED) is 0.480. The van der Waals surface area contributed by atoms with E-state index in [1.54, 1.807) is 4.68 Å². The lowest BCUT2D eigenvalue weighted by Crippen LogP contribution is -2.25. The average Bonchev–Trinajstić information content (AvgIpc) is 3.35. The molecule has 2 atom stereocenters. The number of halogens is 3. The first kappa shape index (κ1) is 23.1. The summed E-state index contributed by atoms with van der Waals surface area (Å²) in [5.41, 5.74) is 5.40. The van der Waals surface area contributed by atoms with Gasteiger partial charge in [-0.1, -0.05) is 24.3 Å². The van der Waals surface area contributed by atoms with E-state index < -0.39 is 11.7 Å². The zero-order valence-electron chi connectivity index (χ0n) is 19.3. The first-order valence-corrected chi connectivity index (χ1v) is 11.0. The van der Waals surface area contributed by atoms with E-state index in [1.165, 1.54) is 23.4 Å². The number of aromatic nitrogens is 2. The van der Waals surface area contributed by atoms with E-state index in [2.05, 4.69) is 51.7 Å². The molecule has 0 saturated carbocycles. The summed E-state index contributed by atoms with van der Waals surface area (Å²) in [6.07, 6.45) is 0.994. The second-order valence-electron chi connectivity index (χ2n) is 8.82. The summed E-state index contributed by atoms with van der Waals surface area (Å²) >= 11 is 0. The molecule has 0 aliphatic heterocycles.